The molecule has 16 nitrogen and oxygen atoms in total. The number of rotatable bonds is 26. The highest BCUT2D eigenvalue weighted by Gasteiger charge is 2.41. The normalized spacial score (nSPS) is 18.2. The number of aromatic nitrogens is 1. The fraction of sp³-hybridized carbons (Fsp3) is 0.778. The molecule has 0 bridgehead atoms. The van der Waals surface area contributed by atoms with Crippen molar-refractivity contribution in [2.24, 2.45) is 11.8 Å². The molecule has 2 amide bonds. The highest BCUT2D eigenvalue weighted by atomic mass is 16.6. The number of methoxy groups -OCH3 is 1. The zero-order valence-electron chi connectivity index (χ0n) is 31.7. The summed E-state index contributed by atoms with van der Waals surface area (Å²) < 4.78 is 44.3. The number of aliphatic hydroxyl groups is 1. The topological polar surface area (TPSA) is 185 Å². The molecule has 1 aliphatic heterocycles. The van der Waals surface area contributed by atoms with E-state index in [9.17, 15) is 19.5 Å². The molecular weight excluding hydrogens is 680 g/mol. The Morgan fingerprint density at radius 2 is 1.56 bits per heavy atom. The Kier molecular flexibility index (Phi) is 18.3. The first-order valence-electron chi connectivity index (χ1n) is 18.2. The number of anilines is 1. The van der Waals surface area contributed by atoms with E-state index >= 15 is 0 Å². The molecule has 0 spiro atoms. The molecule has 1 saturated carbocycles. The first kappa shape index (κ1) is 43.1. The summed E-state index contributed by atoms with van der Waals surface area (Å²) in [5.41, 5.74) is -1.01. The molecule has 2 aliphatic rings. The second kappa shape index (κ2) is 22.1. The molecule has 2 heterocycles. The minimum atomic E-state index is -1.33. The Labute approximate surface area is 307 Å². The minimum Gasteiger partial charge on any atom is -0.476 e. The number of nitrogens with one attached hydrogen (secondary N) is 2. The Hall–Kier alpha value is -3.28. The second-order valence-corrected chi connectivity index (χ2v) is 13.8. The number of nitrogens with zero attached hydrogens (tertiary/aromatic N) is 2. The van der Waals surface area contributed by atoms with Crippen molar-refractivity contribution in [1.82, 2.24) is 15.6 Å². The SMILES string of the molecule is CCOC(=O)C(CC)(CCOCCOCCOCCOCCNC(=O)OC(C)(C)C)NC(=O)c1ccc(N2CC(OC)C2)c(OC[C@H]2C[C@@H]2CO)n1. The first-order chi connectivity index (χ1) is 24.9. The molecule has 3 rings (SSSR count). The van der Waals surface area contributed by atoms with Crippen LogP contribution in [0.2, 0.25) is 0 Å². The molecule has 2 fully saturated rings. The van der Waals surface area contributed by atoms with Crippen LogP contribution in [0.15, 0.2) is 12.1 Å². The number of pyridine rings is 1. The van der Waals surface area contributed by atoms with E-state index in [0.29, 0.717) is 71.8 Å². The molecule has 1 unspecified atom stereocenters. The van der Waals surface area contributed by atoms with Crippen molar-refractivity contribution in [3.63, 3.8) is 0 Å². The Bertz CT molecular complexity index is 1240. The Morgan fingerprint density at radius 1 is 0.923 bits per heavy atom. The monoisotopic (exact) mass is 740 g/mol. The van der Waals surface area contributed by atoms with Gasteiger partial charge in [0, 0.05) is 46.4 Å². The van der Waals surface area contributed by atoms with E-state index in [4.69, 9.17) is 37.9 Å². The number of carbonyl (C=O) groups is 3. The van der Waals surface area contributed by atoms with Crippen LogP contribution >= 0.6 is 0 Å². The summed E-state index contributed by atoms with van der Waals surface area (Å²) in [6.45, 7) is 13.9. The van der Waals surface area contributed by atoms with Crippen LogP contribution in [0.5, 0.6) is 5.88 Å². The first-order valence-corrected chi connectivity index (χ1v) is 18.2. The van der Waals surface area contributed by atoms with Crippen molar-refractivity contribution >= 4 is 23.7 Å². The van der Waals surface area contributed by atoms with Crippen molar-refractivity contribution in [3.05, 3.63) is 17.8 Å². The lowest BCUT2D eigenvalue weighted by molar-refractivity contribution is -0.152. The molecule has 52 heavy (non-hydrogen) atoms. The van der Waals surface area contributed by atoms with Gasteiger partial charge < -0.3 is 58.5 Å². The van der Waals surface area contributed by atoms with Crippen LogP contribution in [-0.2, 0) is 38.0 Å². The molecule has 16 heteroatoms. The highest BCUT2D eigenvalue weighted by molar-refractivity contribution is 5.97. The van der Waals surface area contributed by atoms with Crippen molar-refractivity contribution < 1.29 is 57.4 Å². The van der Waals surface area contributed by atoms with E-state index in [2.05, 4.69) is 20.5 Å². The molecule has 1 aliphatic carbocycles. The summed E-state index contributed by atoms with van der Waals surface area (Å²) in [6.07, 6.45) is 0.976. The molecule has 3 atom stereocenters. The van der Waals surface area contributed by atoms with Gasteiger partial charge in [-0.15, -0.1) is 0 Å². The van der Waals surface area contributed by atoms with Gasteiger partial charge >= 0.3 is 12.1 Å². The summed E-state index contributed by atoms with van der Waals surface area (Å²) in [5, 5.41) is 15.0. The van der Waals surface area contributed by atoms with Gasteiger partial charge in [0.2, 0.25) is 5.88 Å². The van der Waals surface area contributed by atoms with Gasteiger partial charge in [0.25, 0.3) is 5.91 Å². The van der Waals surface area contributed by atoms with Gasteiger partial charge in [-0.2, -0.15) is 0 Å². The molecule has 296 valence electrons. The zero-order valence-corrected chi connectivity index (χ0v) is 31.7. The van der Waals surface area contributed by atoms with Crippen LogP contribution in [0.25, 0.3) is 0 Å². The number of amides is 2. The molecule has 1 saturated heterocycles. The standard InChI is InChI=1S/C36H60N4O12/c1-7-36(33(43)50-8-2,11-13-46-15-17-48-19-20-49-18-16-47-14-12-37-34(44)52-35(3,4)5)39-31(42)29-9-10-30(40-22-28(23-40)45-6)32(38-29)51-25-27-21-26(27)24-41/h9-10,26-28,41H,7-8,11-25H2,1-6H3,(H,37,44)(H,39,42)/t26-,27-,36?/m1/s1. The maximum atomic E-state index is 13.6. The highest BCUT2D eigenvalue weighted by Crippen LogP contribution is 2.39. The Morgan fingerprint density at radius 3 is 2.12 bits per heavy atom. The van der Waals surface area contributed by atoms with Gasteiger partial charge in [0.15, 0.2) is 0 Å². The lowest BCUT2D eigenvalue weighted by Crippen LogP contribution is -2.55. The molecule has 0 aromatic carbocycles. The second-order valence-electron chi connectivity index (χ2n) is 13.8. The van der Waals surface area contributed by atoms with Crippen molar-refractivity contribution in [2.45, 2.75) is 71.1 Å². The number of esters is 1. The summed E-state index contributed by atoms with van der Waals surface area (Å²) in [6, 6.07) is 3.42. The van der Waals surface area contributed by atoms with E-state index in [-0.39, 0.29) is 62.9 Å². The maximum Gasteiger partial charge on any atom is 0.407 e. The van der Waals surface area contributed by atoms with Crippen LogP contribution in [0.4, 0.5) is 10.5 Å². The zero-order chi connectivity index (χ0) is 38.0. The quantitative estimate of drug-likeness (QED) is 0.0929. The maximum absolute atomic E-state index is 13.6. The molecule has 3 N–H and O–H groups in total. The number of aliphatic hydroxyl groups excluding tert-OH is 1. The third-order valence-electron chi connectivity index (χ3n) is 8.66. The number of carbonyl (C=O) groups excluding carboxylic acids is 3. The van der Waals surface area contributed by atoms with Gasteiger partial charge in [-0.05, 0) is 64.5 Å². The van der Waals surface area contributed by atoms with E-state index in [0.717, 1.165) is 12.1 Å². The van der Waals surface area contributed by atoms with Crippen molar-refractivity contribution in [3.8, 4) is 5.88 Å². The minimum absolute atomic E-state index is 0.109. The van der Waals surface area contributed by atoms with Crippen molar-refractivity contribution in [2.75, 3.05) is 104 Å². The molecular formula is C36H60N4O12. The lowest BCUT2D eigenvalue weighted by Gasteiger charge is -2.40. The third-order valence-corrected chi connectivity index (χ3v) is 8.66. The largest absolute Gasteiger partial charge is 0.476 e. The van der Waals surface area contributed by atoms with E-state index in [1.54, 1.807) is 53.9 Å². The van der Waals surface area contributed by atoms with Crippen LogP contribution in [0, 0.1) is 11.8 Å². The number of hydrogen-bond acceptors (Lipinski definition) is 14. The van der Waals surface area contributed by atoms with Crippen LogP contribution < -0.4 is 20.3 Å². The molecule has 1 aromatic rings. The predicted octanol–water partition coefficient (Wildman–Crippen LogP) is 2.35. The predicted molar refractivity (Wildman–Crippen MR) is 191 cm³/mol. The van der Waals surface area contributed by atoms with Crippen LogP contribution in [0.1, 0.15) is 64.4 Å². The summed E-state index contributed by atoms with van der Waals surface area (Å²) in [4.78, 5) is 45.1. The van der Waals surface area contributed by atoms with Gasteiger partial charge in [-0.25, -0.2) is 14.6 Å². The van der Waals surface area contributed by atoms with Gasteiger partial charge in [-0.3, -0.25) is 4.79 Å². The average molecular weight is 741 g/mol. The van der Waals surface area contributed by atoms with E-state index in [1.165, 1.54) is 0 Å². The molecule has 1 aromatic heterocycles. The lowest BCUT2D eigenvalue weighted by atomic mass is 9.92. The van der Waals surface area contributed by atoms with Gasteiger partial charge in [0.1, 0.15) is 22.5 Å². The van der Waals surface area contributed by atoms with Gasteiger partial charge in [-0.1, -0.05) is 6.92 Å². The fourth-order valence-corrected chi connectivity index (χ4v) is 5.34. The van der Waals surface area contributed by atoms with E-state index < -0.39 is 29.1 Å². The summed E-state index contributed by atoms with van der Waals surface area (Å²) >= 11 is 0. The number of ether oxygens (including phenoxy) is 8. The summed E-state index contributed by atoms with van der Waals surface area (Å²) in [5.74, 6) is -0.283. The average Bonchev–Trinajstić information content (AvgIpc) is 3.86. The molecule has 0 radical (unpaired) electrons. The Balaban J connectivity index is 1.39. The van der Waals surface area contributed by atoms with Crippen LogP contribution in [-0.4, -0.2) is 145 Å². The van der Waals surface area contributed by atoms with E-state index in [1.807, 2.05) is 0 Å². The number of hydrogen-bond donors (Lipinski definition) is 3. The van der Waals surface area contributed by atoms with Crippen molar-refractivity contribution in [1.29, 1.82) is 0 Å². The number of alkyl carbamates (subject to hydrolysis) is 1. The van der Waals surface area contributed by atoms with Gasteiger partial charge in [0.05, 0.1) is 65.6 Å². The summed E-state index contributed by atoms with van der Waals surface area (Å²) in [7, 11) is 1.67. The van der Waals surface area contributed by atoms with Crippen LogP contribution in [0.3, 0.4) is 0 Å². The third kappa shape index (κ3) is 14.6. The fourth-order valence-electron chi connectivity index (χ4n) is 5.34. The smallest absolute Gasteiger partial charge is 0.407 e.